The van der Waals surface area contributed by atoms with Crippen LogP contribution >= 0.6 is 11.8 Å². The molecule has 0 radical (unpaired) electrons. The van der Waals surface area contributed by atoms with E-state index in [0.717, 1.165) is 38.2 Å². The van der Waals surface area contributed by atoms with E-state index in [9.17, 15) is 5.11 Å². The van der Waals surface area contributed by atoms with Crippen LogP contribution in [0.25, 0.3) is 0 Å². The minimum absolute atomic E-state index is 0.241. The van der Waals surface area contributed by atoms with Crippen LogP contribution in [0.5, 0.6) is 0 Å². The molecule has 1 saturated heterocycles. The lowest BCUT2D eigenvalue weighted by molar-refractivity contribution is 0.165. The van der Waals surface area contributed by atoms with E-state index in [1.54, 1.807) is 0 Å². The van der Waals surface area contributed by atoms with Crippen LogP contribution in [0.15, 0.2) is 0 Å². The third-order valence-corrected chi connectivity index (χ3v) is 3.96. The Morgan fingerprint density at radius 1 is 1.56 bits per heavy atom. The van der Waals surface area contributed by atoms with Crippen LogP contribution in [-0.2, 0) is 4.74 Å². The summed E-state index contributed by atoms with van der Waals surface area (Å²) >= 11 is 1.84. The number of thioether (sulfide) groups is 1. The van der Waals surface area contributed by atoms with E-state index in [2.05, 4.69) is 18.5 Å². The van der Waals surface area contributed by atoms with Crippen molar-refractivity contribution in [2.75, 3.05) is 31.8 Å². The Morgan fingerprint density at radius 3 is 2.88 bits per heavy atom. The second-order valence-corrected chi connectivity index (χ2v) is 5.45. The first-order valence-corrected chi connectivity index (χ1v) is 7.64. The lowest BCUT2D eigenvalue weighted by Crippen LogP contribution is -2.44. The molecule has 1 heterocycles. The first-order valence-electron chi connectivity index (χ1n) is 6.25. The molecule has 4 heteroatoms. The lowest BCUT2D eigenvalue weighted by Gasteiger charge is -2.27. The molecule has 1 aliphatic heterocycles. The minimum Gasteiger partial charge on any atom is -0.395 e. The first-order chi connectivity index (χ1) is 7.81. The van der Waals surface area contributed by atoms with Crippen molar-refractivity contribution in [3.05, 3.63) is 0 Å². The number of ether oxygens (including phenoxy) is 1. The molecular formula is C12H25NO2S. The van der Waals surface area contributed by atoms with E-state index in [1.165, 1.54) is 0 Å². The maximum Gasteiger partial charge on any atom is 0.0585 e. The van der Waals surface area contributed by atoms with E-state index in [1.807, 2.05) is 11.8 Å². The molecule has 0 amide bonds. The fourth-order valence-corrected chi connectivity index (χ4v) is 2.77. The summed E-state index contributed by atoms with van der Waals surface area (Å²) in [5.41, 5.74) is 0. The zero-order chi connectivity index (χ0) is 11.8. The van der Waals surface area contributed by atoms with Gasteiger partial charge in [-0.05, 0) is 37.2 Å². The normalized spacial score (nSPS) is 24.6. The maximum absolute atomic E-state index is 9.34. The number of rotatable bonds is 8. The van der Waals surface area contributed by atoms with Crippen molar-refractivity contribution in [3.63, 3.8) is 0 Å². The molecule has 3 unspecified atom stereocenters. The highest BCUT2D eigenvalue weighted by Crippen LogP contribution is 2.19. The third kappa shape index (κ3) is 4.62. The van der Waals surface area contributed by atoms with Crippen LogP contribution in [0.3, 0.4) is 0 Å². The molecule has 0 aliphatic carbocycles. The standard InChI is InChI=1S/C12H25NO2S/c1-3-12(10-4-6-15-9-10)13-11(8-14)5-7-16-2/h10-14H,3-9H2,1-2H3. The molecule has 1 fully saturated rings. The van der Waals surface area contributed by atoms with E-state index >= 15 is 0 Å². The molecule has 1 aliphatic rings. The molecule has 0 saturated carbocycles. The van der Waals surface area contributed by atoms with Crippen molar-refractivity contribution >= 4 is 11.8 Å². The Balaban J connectivity index is 2.33. The van der Waals surface area contributed by atoms with Gasteiger partial charge in [-0.25, -0.2) is 0 Å². The summed E-state index contributed by atoms with van der Waals surface area (Å²) in [5, 5.41) is 12.9. The van der Waals surface area contributed by atoms with E-state index in [0.29, 0.717) is 12.0 Å². The summed E-state index contributed by atoms with van der Waals surface area (Å²) in [5.74, 6) is 1.74. The summed E-state index contributed by atoms with van der Waals surface area (Å²) in [6.45, 7) is 4.23. The fraction of sp³-hybridized carbons (Fsp3) is 1.00. The first kappa shape index (κ1) is 14.3. The van der Waals surface area contributed by atoms with Gasteiger partial charge in [0.2, 0.25) is 0 Å². The molecule has 96 valence electrons. The van der Waals surface area contributed by atoms with Gasteiger partial charge < -0.3 is 15.2 Å². The topological polar surface area (TPSA) is 41.5 Å². The number of aliphatic hydroxyl groups excluding tert-OH is 1. The van der Waals surface area contributed by atoms with Crippen LogP contribution < -0.4 is 5.32 Å². The van der Waals surface area contributed by atoms with Gasteiger partial charge in [0.05, 0.1) is 13.2 Å². The monoisotopic (exact) mass is 247 g/mol. The quantitative estimate of drug-likeness (QED) is 0.682. The van der Waals surface area contributed by atoms with Gasteiger partial charge in [-0.15, -0.1) is 0 Å². The van der Waals surface area contributed by atoms with Crippen molar-refractivity contribution in [2.24, 2.45) is 5.92 Å². The summed E-state index contributed by atoms with van der Waals surface area (Å²) in [6, 6.07) is 0.750. The Labute approximate surface area is 103 Å². The zero-order valence-corrected chi connectivity index (χ0v) is 11.3. The number of hydrogen-bond donors (Lipinski definition) is 2. The van der Waals surface area contributed by atoms with E-state index in [-0.39, 0.29) is 12.6 Å². The zero-order valence-electron chi connectivity index (χ0n) is 10.4. The summed E-state index contributed by atoms with van der Waals surface area (Å²) in [4.78, 5) is 0. The smallest absolute Gasteiger partial charge is 0.0585 e. The van der Waals surface area contributed by atoms with Gasteiger partial charge in [0.15, 0.2) is 0 Å². The van der Waals surface area contributed by atoms with Gasteiger partial charge in [-0.1, -0.05) is 6.92 Å². The van der Waals surface area contributed by atoms with Gasteiger partial charge >= 0.3 is 0 Å². The van der Waals surface area contributed by atoms with Crippen molar-refractivity contribution < 1.29 is 9.84 Å². The lowest BCUT2D eigenvalue weighted by atomic mass is 9.96. The van der Waals surface area contributed by atoms with Gasteiger partial charge in [0.1, 0.15) is 0 Å². The highest BCUT2D eigenvalue weighted by molar-refractivity contribution is 7.98. The number of nitrogens with one attached hydrogen (secondary N) is 1. The molecule has 0 spiro atoms. The Hall–Kier alpha value is 0.230. The van der Waals surface area contributed by atoms with Crippen LogP contribution in [0, 0.1) is 5.92 Å². The van der Waals surface area contributed by atoms with Gasteiger partial charge in [0, 0.05) is 18.7 Å². The van der Waals surface area contributed by atoms with Crippen molar-refractivity contribution in [1.29, 1.82) is 0 Å². The molecule has 16 heavy (non-hydrogen) atoms. The van der Waals surface area contributed by atoms with Gasteiger partial charge in [0.25, 0.3) is 0 Å². The van der Waals surface area contributed by atoms with E-state index < -0.39 is 0 Å². The highest BCUT2D eigenvalue weighted by atomic mass is 32.2. The summed E-state index contributed by atoms with van der Waals surface area (Å²) in [6.07, 6.45) is 5.42. The molecule has 1 rings (SSSR count). The minimum atomic E-state index is 0.241. The average Bonchev–Trinajstić information content (AvgIpc) is 2.83. The SMILES string of the molecule is CCC(NC(CO)CCSC)C1CCOC1. The van der Waals surface area contributed by atoms with Crippen LogP contribution in [0.1, 0.15) is 26.2 Å². The molecule has 2 N–H and O–H groups in total. The number of aliphatic hydroxyl groups is 1. The highest BCUT2D eigenvalue weighted by Gasteiger charge is 2.25. The van der Waals surface area contributed by atoms with Crippen molar-refractivity contribution in [2.45, 2.75) is 38.3 Å². The predicted molar refractivity (Wildman–Crippen MR) is 70.0 cm³/mol. The average molecular weight is 247 g/mol. The van der Waals surface area contributed by atoms with Crippen LogP contribution in [0.4, 0.5) is 0 Å². The van der Waals surface area contributed by atoms with Crippen LogP contribution in [0.2, 0.25) is 0 Å². The Bertz CT molecular complexity index is 174. The van der Waals surface area contributed by atoms with Crippen molar-refractivity contribution in [3.8, 4) is 0 Å². The molecule has 3 nitrogen and oxygen atoms in total. The fourth-order valence-electron chi connectivity index (χ4n) is 2.25. The molecule has 3 atom stereocenters. The van der Waals surface area contributed by atoms with Gasteiger partial charge in [-0.3, -0.25) is 0 Å². The molecule has 0 aromatic carbocycles. The summed E-state index contributed by atoms with van der Waals surface area (Å²) < 4.78 is 5.43. The summed E-state index contributed by atoms with van der Waals surface area (Å²) in [7, 11) is 0. The predicted octanol–water partition coefficient (Wildman–Crippen LogP) is 1.51. The van der Waals surface area contributed by atoms with Gasteiger partial charge in [-0.2, -0.15) is 11.8 Å². The molecule has 0 aromatic rings. The second-order valence-electron chi connectivity index (χ2n) is 4.47. The maximum atomic E-state index is 9.34. The van der Waals surface area contributed by atoms with Crippen LogP contribution in [-0.4, -0.2) is 49.0 Å². The number of hydrogen-bond acceptors (Lipinski definition) is 4. The second kappa shape index (κ2) is 8.34. The van der Waals surface area contributed by atoms with E-state index in [4.69, 9.17) is 4.74 Å². The largest absolute Gasteiger partial charge is 0.395 e. The van der Waals surface area contributed by atoms with Crippen molar-refractivity contribution in [1.82, 2.24) is 5.32 Å². The Kier molecular flexibility index (Phi) is 7.45. The molecular weight excluding hydrogens is 222 g/mol. The third-order valence-electron chi connectivity index (χ3n) is 3.31. The molecule has 0 bridgehead atoms. The molecule has 0 aromatic heterocycles. The Morgan fingerprint density at radius 2 is 2.38 bits per heavy atom.